The van der Waals surface area contributed by atoms with Crippen molar-refractivity contribution >= 4 is 70.4 Å². The average Bonchev–Trinajstić information content (AvgIpc) is 4.45. The summed E-state index contributed by atoms with van der Waals surface area (Å²) in [6, 6.07) is 101. The zero-order valence-corrected chi connectivity index (χ0v) is 42.5. The third-order valence-corrected chi connectivity index (χ3v) is 19.1. The Hall–Kier alpha value is -9.54. The highest BCUT2D eigenvalue weighted by Gasteiger charge is 2.54. The van der Waals surface area contributed by atoms with Crippen molar-refractivity contribution in [3.05, 3.63) is 311 Å². The van der Waals surface area contributed by atoms with Crippen LogP contribution in [0.5, 0.6) is 0 Å². The molecule has 2 spiro atoms. The number of hydrogen-bond acceptors (Lipinski definition) is 2. The lowest BCUT2D eigenvalue weighted by molar-refractivity contribution is 0.748. The SMILES string of the molecule is c1ccc2c(c1)-c1ccccc1C21c2ccccc2-c2c(N(c3ccc(-c4ccc5c(c4)sc4ccccc45)cc3)c3ccc4c(c3)C3(c5ccccc5-4)c4ccccc4-n4c5ccccc5c5cccc3c54)cccc21. The lowest BCUT2D eigenvalue weighted by atomic mass is 9.65. The Kier molecular flexibility index (Phi) is 8.18. The highest BCUT2D eigenvalue weighted by Crippen LogP contribution is 2.66. The van der Waals surface area contributed by atoms with Gasteiger partial charge in [0.05, 0.1) is 33.2 Å². The van der Waals surface area contributed by atoms with Crippen molar-refractivity contribution in [2.75, 3.05) is 4.90 Å². The Morgan fingerprint density at radius 3 is 1.58 bits per heavy atom. The van der Waals surface area contributed by atoms with Gasteiger partial charge in [-0.2, -0.15) is 0 Å². The van der Waals surface area contributed by atoms with Crippen molar-refractivity contribution in [1.29, 1.82) is 0 Å². The van der Waals surface area contributed by atoms with Gasteiger partial charge >= 0.3 is 0 Å². The highest BCUT2D eigenvalue weighted by atomic mass is 32.1. The second-order valence-corrected chi connectivity index (χ2v) is 22.5. The fourth-order valence-corrected chi connectivity index (χ4v) is 16.3. The van der Waals surface area contributed by atoms with Crippen molar-refractivity contribution in [3.8, 4) is 50.2 Å². The van der Waals surface area contributed by atoms with Crippen LogP contribution in [0.2, 0.25) is 0 Å². The standard InChI is InChI=1S/C74H44N2S/c1-7-24-58-49(17-1)50-18-2-8-25-59(50)73(58)61-27-10-4-22-57(61)71-63(73)29-16-33-68(71)75(47-38-35-45(36-39-47)46-37-41-55-54-21-6-14-34-69(54)77-70(55)43-46)48-40-42-52-51-19-3-9-26-60(51)74(65(52)44-48)62-28-11-13-32-67(62)76-66-31-12-5-20-53(66)56-23-15-30-64(74)72(56)76/h1-44H. The van der Waals surface area contributed by atoms with E-state index in [2.05, 4.69) is 276 Å². The van der Waals surface area contributed by atoms with E-state index in [0.717, 1.165) is 17.1 Å². The van der Waals surface area contributed by atoms with E-state index in [1.807, 2.05) is 11.3 Å². The molecule has 77 heavy (non-hydrogen) atoms. The number of rotatable bonds is 4. The van der Waals surface area contributed by atoms with Gasteiger partial charge in [0, 0.05) is 47.9 Å². The second-order valence-electron chi connectivity index (χ2n) is 21.4. The predicted molar refractivity (Wildman–Crippen MR) is 321 cm³/mol. The molecule has 14 aromatic rings. The molecule has 0 radical (unpaired) electrons. The van der Waals surface area contributed by atoms with Crippen molar-refractivity contribution in [1.82, 2.24) is 4.57 Å². The van der Waals surface area contributed by atoms with Crippen LogP contribution in [0.4, 0.5) is 17.1 Å². The molecule has 3 aliphatic carbocycles. The molecular formula is C74H44N2S. The Bertz CT molecular complexity index is 4850. The fraction of sp³-hybridized carbons (Fsp3) is 0.0270. The quantitative estimate of drug-likeness (QED) is 0.171. The third-order valence-electron chi connectivity index (χ3n) is 18.0. The first kappa shape index (κ1) is 41.8. The van der Waals surface area contributed by atoms with E-state index in [1.54, 1.807) is 0 Å². The smallest absolute Gasteiger partial charge is 0.0755 e. The minimum absolute atomic E-state index is 0.484. The second kappa shape index (κ2) is 15.1. The summed E-state index contributed by atoms with van der Waals surface area (Å²) >= 11 is 1.87. The monoisotopic (exact) mass is 992 g/mol. The van der Waals surface area contributed by atoms with Crippen LogP contribution in [-0.2, 0) is 10.8 Å². The van der Waals surface area contributed by atoms with E-state index < -0.39 is 10.8 Å². The van der Waals surface area contributed by atoms with Crippen LogP contribution < -0.4 is 4.90 Å². The minimum atomic E-state index is -0.601. The molecule has 2 nitrogen and oxygen atoms in total. The van der Waals surface area contributed by atoms with E-state index in [-0.39, 0.29) is 0 Å². The summed E-state index contributed by atoms with van der Waals surface area (Å²) in [4.78, 5) is 2.57. The number of para-hydroxylation sites is 3. The number of anilines is 3. The number of nitrogens with zero attached hydrogens (tertiary/aromatic N) is 2. The summed E-state index contributed by atoms with van der Waals surface area (Å²) in [6.07, 6.45) is 0. The van der Waals surface area contributed by atoms with Crippen LogP contribution >= 0.6 is 11.3 Å². The number of aromatic nitrogens is 1. The molecule has 0 saturated carbocycles. The van der Waals surface area contributed by atoms with E-state index >= 15 is 0 Å². The summed E-state index contributed by atoms with van der Waals surface area (Å²) in [5.74, 6) is 0. The summed E-state index contributed by atoms with van der Waals surface area (Å²) in [7, 11) is 0. The van der Waals surface area contributed by atoms with E-state index in [4.69, 9.17) is 0 Å². The first-order valence-corrected chi connectivity index (χ1v) is 27.6. The molecular weight excluding hydrogens is 949 g/mol. The molecule has 3 heteroatoms. The summed E-state index contributed by atoms with van der Waals surface area (Å²) in [5, 5.41) is 5.20. The van der Waals surface area contributed by atoms with Crippen LogP contribution in [0, 0.1) is 0 Å². The van der Waals surface area contributed by atoms with Gasteiger partial charge in [0.1, 0.15) is 0 Å². The predicted octanol–water partition coefficient (Wildman–Crippen LogP) is 19.3. The van der Waals surface area contributed by atoms with Gasteiger partial charge < -0.3 is 9.47 Å². The van der Waals surface area contributed by atoms with Gasteiger partial charge in [0.15, 0.2) is 0 Å². The van der Waals surface area contributed by atoms with Crippen LogP contribution in [-0.4, -0.2) is 4.57 Å². The minimum Gasteiger partial charge on any atom is -0.310 e. The summed E-state index contributed by atoms with van der Waals surface area (Å²) < 4.78 is 5.17. The molecule has 1 atom stereocenters. The first-order chi connectivity index (χ1) is 38.2. The average molecular weight is 993 g/mol. The molecule has 0 amide bonds. The lowest BCUT2D eigenvalue weighted by Gasteiger charge is -2.40. The largest absolute Gasteiger partial charge is 0.310 e. The maximum Gasteiger partial charge on any atom is 0.0755 e. The van der Waals surface area contributed by atoms with Crippen LogP contribution in [0.3, 0.4) is 0 Å². The maximum atomic E-state index is 2.57. The molecule has 0 N–H and O–H groups in total. The van der Waals surface area contributed by atoms with Crippen molar-refractivity contribution < 1.29 is 0 Å². The van der Waals surface area contributed by atoms with Crippen LogP contribution in [0.1, 0.15) is 44.5 Å². The molecule has 356 valence electrons. The van der Waals surface area contributed by atoms with Crippen LogP contribution in [0.25, 0.3) is 92.2 Å². The molecule has 1 unspecified atom stereocenters. The molecule has 0 saturated heterocycles. The molecule has 12 aromatic carbocycles. The molecule has 2 aromatic heterocycles. The molecule has 3 heterocycles. The van der Waals surface area contributed by atoms with Crippen molar-refractivity contribution in [3.63, 3.8) is 0 Å². The van der Waals surface area contributed by atoms with E-state index in [9.17, 15) is 0 Å². The number of hydrogen-bond donors (Lipinski definition) is 0. The number of thiophene rings is 1. The molecule has 0 fully saturated rings. The van der Waals surface area contributed by atoms with Gasteiger partial charge in [0.25, 0.3) is 0 Å². The summed E-state index contributed by atoms with van der Waals surface area (Å²) in [6.45, 7) is 0. The highest BCUT2D eigenvalue weighted by molar-refractivity contribution is 7.25. The fourth-order valence-electron chi connectivity index (χ4n) is 15.1. The first-order valence-electron chi connectivity index (χ1n) is 26.8. The van der Waals surface area contributed by atoms with Crippen LogP contribution in [0.15, 0.2) is 267 Å². The Labute approximate surface area is 449 Å². The zero-order valence-electron chi connectivity index (χ0n) is 41.7. The normalized spacial score (nSPS) is 15.4. The van der Waals surface area contributed by atoms with Gasteiger partial charge in [-0.3, -0.25) is 0 Å². The van der Waals surface area contributed by atoms with Gasteiger partial charge in [-0.25, -0.2) is 0 Å². The van der Waals surface area contributed by atoms with Gasteiger partial charge in [-0.1, -0.05) is 212 Å². The van der Waals surface area contributed by atoms with E-state index in [0.29, 0.717) is 0 Å². The van der Waals surface area contributed by atoms with Gasteiger partial charge in [-0.15, -0.1) is 11.3 Å². The topological polar surface area (TPSA) is 8.17 Å². The number of fused-ring (bicyclic) bond motifs is 25. The number of benzene rings is 12. The Morgan fingerprint density at radius 2 is 0.831 bits per heavy atom. The molecule has 18 rings (SSSR count). The molecule has 0 bridgehead atoms. The molecule has 1 aliphatic heterocycles. The molecule has 4 aliphatic rings. The third kappa shape index (κ3) is 5.15. The van der Waals surface area contributed by atoms with Crippen molar-refractivity contribution in [2.45, 2.75) is 10.8 Å². The Morgan fingerprint density at radius 1 is 0.312 bits per heavy atom. The Balaban J connectivity index is 0.909. The van der Waals surface area contributed by atoms with Gasteiger partial charge in [-0.05, 0) is 138 Å². The maximum absolute atomic E-state index is 2.57. The van der Waals surface area contributed by atoms with Crippen molar-refractivity contribution in [2.24, 2.45) is 0 Å². The zero-order chi connectivity index (χ0) is 50.1. The van der Waals surface area contributed by atoms with Gasteiger partial charge in [0.2, 0.25) is 0 Å². The lowest BCUT2D eigenvalue weighted by Crippen LogP contribution is -2.33. The summed E-state index contributed by atoms with van der Waals surface area (Å²) in [5.41, 5.74) is 26.7. The van der Waals surface area contributed by atoms with E-state index in [1.165, 1.54) is 137 Å².